The lowest BCUT2D eigenvalue weighted by atomic mass is 9.88. The van der Waals surface area contributed by atoms with Crippen LogP contribution in [0.5, 0.6) is 5.75 Å². The number of ether oxygens (including phenoxy) is 1. The zero-order valence-electron chi connectivity index (χ0n) is 28.7. The normalized spacial score (nSPS) is 23.0. The maximum atomic E-state index is 14.0. The molecule has 5 aliphatic rings. The third-order valence-corrected chi connectivity index (χ3v) is 11.9. The van der Waals surface area contributed by atoms with Crippen LogP contribution < -0.4 is 10.8 Å². The number of amides is 4. The molecule has 1 saturated carbocycles. The molecule has 0 unspecified atom stereocenters. The fourth-order valence-electron chi connectivity index (χ4n) is 8.53. The lowest BCUT2D eigenvalue weighted by molar-refractivity contribution is -0.142. The quantitative estimate of drug-likeness (QED) is 0.387. The summed E-state index contributed by atoms with van der Waals surface area (Å²) in [4.78, 5) is 48.6. The summed E-state index contributed by atoms with van der Waals surface area (Å²) in [5, 5.41) is 23.7. The van der Waals surface area contributed by atoms with Crippen molar-refractivity contribution in [1.82, 2.24) is 19.6 Å². The minimum absolute atomic E-state index is 0.0151. The third kappa shape index (κ3) is 7.55. The van der Waals surface area contributed by atoms with E-state index in [1.165, 1.54) is 0 Å². The first kappa shape index (κ1) is 33.7. The number of hydrogen-bond acceptors (Lipinski definition) is 7. The van der Waals surface area contributed by atoms with Gasteiger partial charge < -0.3 is 39.9 Å². The molecule has 11 nitrogen and oxygen atoms in total. The van der Waals surface area contributed by atoms with Crippen LogP contribution in [0.1, 0.15) is 62.5 Å². The molecule has 0 aromatic heterocycles. The van der Waals surface area contributed by atoms with Crippen molar-refractivity contribution in [3.63, 3.8) is 0 Å². The molecule has 1 aliphatic carbocycles. The van der Waals surface area contributed by atoms with Crippen molar-refractivity contribution >= 4 is 37.0 Å². The van der Waals surface area contributed by atoms with Gasteiger partial charge in [-0.2, -0.15) is 0 Å². The van der Waals surface area contributed by atoms with Gasteiger partial charge in [0.25, 0.3) is 5.91 Å². The summed E-state index contributed by atoms with van der Waals surface area (Å²) in [7, 11) is 1.81. The molecular weight excluding hydrogens is 621 g/mol. The highest BCUT2D eigenvalue weighted by Gasteiger charge is 2.48. The van der Waals surface area contributed by atoms with E-state index in [4.69, 9.17) is 4.74 Å². The van der Waals surface area contributed by atoms with Crippen molar-refractivity contribution in [3.8, 4) is 5.75 Å². The molecule has 2 aromatic carbocycles. The number of anilines is 1. The molecule has 12 heteroatoms. The van der Waals surface area contributed by atoms with Crippen LogP contribution in [0.15, 0.2) is 42.5 Å². The zero-order valence-corrected chi connectivity index (χ0v) is 28.7. The number of carbonyl (C=O) groups excluding carboxylic acids is 3. The van der Waals surface area contributed by atoms with E-state index in [0.717, 1.165) is 74.8 Å². The Hall–Kier alpha value is -3.77. The Morgan fingerprint density at radius 2 is 1.57 bits per heavy atom. The Bertz CT molecular complexity index is 1530. The van der Waals surface area contributed by atoms with Crippen LogP contribution in [0, 0.1) is 5.92 Å². The van der Waals surface area contributed by atoms with Gasteiger partial charge in [-0.1, -0.05) is 30.3 Å². The lowest BCUT2D eigenvalue weighted by Gasteiger charge is -2.43. The van der Waals surface area contributed by atoms with E-state index in [2.05, 4.69) is 10.2 Å². The van der Waals surface area contributed by atoms with E-state index >= 15 is 0 Å². The second-order valence-corrected chi connectivity index (χ2v) is 14.9. The predicted octanol–water partition coefficient (Wildman–Crippen LogP) is 2.48. The average Bonchev–Trinajstić information content (AvgIpc) is 3.91. The number of piperidine rings is 3. The number of para-hydroxylation sites is 1. The van der Waals surface area contributed by atoms with Gasteiger partial charge in [-0.05, 0) is 106 Å². The van der Waals surface area contributed by atoms with E-state index in [-0.39, 0.29) is 30.2 Å². The summed E-state index contributed by atoms with van der Waals surface area (Å²) < 4.78 is 6.04. The molecule has 0 spiro atoms. The van der Waals surface area contributed by atoms with Crippen LogP contribution in [-0.2, 0) is 22.4 Å². The third-order valence-electron chi connectivity index (χ3n) is 11.9. The van der Waals surface area contributed by atoms with Crippen molar-refractivity contribution in [2.45, 2.75) is 88.0 Å². The predicted molar refractivity (Wildman–Crippen MR) is 189 cm³/mol. The molecule has 262 valence electrons. The second-order valence-electron chi connectivity index (χ2n) is 14.9. The number of likely N-dealkylation sites (tertiary alicyclic amines) is 3. The van der Waals surface area contributed by atoms with Crippen molar-refractivity contribution < 1.29 is 29.3 Å². The monoisotopic (exact) mass is 671 g/mol. The molecule has 7 rings (SSSR count). The van der Waals surface area contributed by atoms with Gasteiger partial charge in [0, 0.05) is 56.9 Å². The van der Waals surface area contributed by atoms with Crippen molar-refractivity contribution in [2.24, 2.45) is 5.92 Å². The van der Waals surface area contributed by atoms with Gasteiger partial charge in [0.15, 0.2) is 6.10 Å². The number of aromatic hydroxyl groups is 1. The molecule has 3 saturated heterocycles. The highest BCUT2D eigenvalue weighted by Crippen LogP contribution is 2.46. The van der Waals surface area contributed by atoms with Crippen LogP contribution in [0.3, 0.4) is 0 Å². The largest absolute Gasteiger partial charge is 0.509 e. The zero-order chi connectivity index (χ0) is 34.1. The molecule has 0 radical (unpaired) electrons. The molecule has 1 atom stereocenters. The maximum Gasteiger partial charge on any atom is 0.410 e. The molecule has 4 fully saturated rings. The number of nitrogens with zero attached hydrogens (tertiary/aromatic N) is 4. The van der Waals surface area contributed by atoms with Gasteiger partial charge in [-0.15, -0.1) is 0 Å². The van der Waals surface area contributed by atoms with E-state index in [1.54, 1.807) is 17.0 Å². The number of nitrogens with one attached hydrogen (secondary N) is 1. The first-order valence-corrected chi connectivity index (χ1v) is 18.3. The molecule has 4 aliphatic heterocycles. The van der Waals surface area contributed by atoms with Gasteiger partial charge in [0.05, 0.1) is 5.60 Å². The van der Waals surface area contributed by atoms with Crippen LogP contribution in [0.25, 0.3) is 0 Å². The van der Waals surface area contributed by atoms with Crippen molar-refractivity contribution in [3.05, 3.63) is 53.6 Å². The summed E-state index contributed by atoms with van der Waals surface area (Å²) in [6.07, 6.45) is 6.52. The molecule has 4 heterocycles. The Balaban J connectivity index is 0.949. The minimum atomic E-state index is -0.976. The molecule has 0 bridgehead atoms. The highest BCUT2D eigenvalue weighted by molar-refractivity contribution is 6.34. The summed E-state index contributed by atoms with van der Waals surface area (Å²) >= 11 is 0. The Morgan fingerprint density at radius 1 is 0.898 bits per heavy atom. The standard InChI is InChI=1S/C37H50BN5O6/c38-30-23-25(5-6-32(30)44)24-33(34(45)41-18-10-28(11-19-41)40-16-8-27(9-17-40)37(48)14-15-37)49-36(47)42-20-12-29(13-21-42)43-22-7-26-3-1-2-4-31(26)39-35(43)46/h1-6,23,27-29,33,44,48H,7-22,24,38H2,(H,39,46)/t33-/m1/s1. The lowest BCUT2D eigenvalue weighted by Crippen LogP contribution is -2.53. The molecular formula is C37H50BN5O6. The number of rotatable bonds is 7. The number of phenols is 1. The fraction of sp³-hybridized carbons (Fsp3) is 0.595. The Kier molecular flexibility index (Phi) is 9.79. The van der Waals surface area contributed by atoms with Crippen LogP contribution >= 0.6 is 0 Å². The van der Waals surface area contributed by atoms with Gasteiger partial charge in [-0.25, -0.2) is 9.59 Å². The van der Waals surface area contributed by atoms with Gasteiger partial charge in [0.1, 0.15) is 13.6 Å². The van der Waals surface area contributed by atoms with Crippen LogP contribution in [-0.4, -0.2) is 125 Å². The SMILES string of the molecule is Bc1cc(C[C@@H](OC(=O)N2CCC(N3CCc4ccccc4NC3=O)CC2)C(=O)N2CCC(N3CCC(C4(O)CC4)CC3)CC2)ccc1O. The first-order chi connectivity index (χ1) is 23.7. The fourth-order valence-corrected chi connectivity index (χ4v) is 8.53. The Labute approximate surface area is 290 Å². The van der Waals surface area contributed by atoms with E-state index in [1.807, 2.05) is 48.0 Å². The number of carbonyl (C=O) groups is 3. The molecule has 49 heavy (non-hydrogen) atoms. The number of phenolic OH excluding ortho intramolecular Hbond substituents is 1. The van der Waals surface area contributed by atoms with E-state index in [9.17, 15) is 24.6 Å². The summed E-state index contributed by atoms with van der Waals surface area (Å²) in [5.41, 5.74) is 3.10. The van der Waals surface area contributed by atoms with Crippen LogP contribution in [0.4, 0.5) is 15.3 Å². The number of urea groups is 1. The topological polar surface area (TPSA) is 126 Å². The molecule has 2 aromatic rings. The second kappa shape index (κ2) is 14.2. The Morgan fingerprint density at radius 3 is 2.27 bits per heavy atom. The number of benzene rings is 2. The van der Waals surface area contributed by atoms with Crippen molar-refractivity contribution in [1.29, 1.82) is 0 Å². The van der Waals surface area contributed by atoms with Gasteiger partial charge in [0.2, 0.25) is 0 Å². The van der Waals surface area contributed by atoms with Gasteiger partial charge >= 0.3 is 12.1 Å². The number of fused-ring (bicyclic) bond motifs is 1. The van der Waals surface area contributed by atoms with Gasteiger partial charge in [-0.3, -0.25) is 4.79 Å². The molecule has 4 amide bonds. The average molecular weight is 672 g/mol. The van der Waals surface area contributed by atoms with E-state index < -0.39 is 17.8 Å². The number of aliphatic hydroxyl groups is 1. The first-order valence-electron chi connectivity index (χ1n) is 18.3. The highest BCUT2D eigenvalue weighted by atomic mass is 16.6. The molecule has 3 N–H and O–H groups in total. The van der Waals surface area contributed by atoms with Crippen LogP contribution in [0.2, 0.25) is 0 Å². The smallest absolute Gasteiger partial charge is 0.410 e. The summed E-state index contributed by atoms with van der Waals surface area (Å²) in [6.45, 7) is 4.74. The summed E-state index contributed by atoms with van der Waals surface area (Å²) in [5.74, 6) is 0.426. The number of hydrogen-bond donors (Lipinski definition) is 3. The van der Waals surface area contributed by atoms with Crippen molar-refractivity contribution in [2.75, 3.05) is 51.1 Å². The maximum absolute atomic E-state index is 14.0. The summed E-state index contributed by atoms with van der Waals surface area (Å²) in [6, 6.07) is 13.4. The van der Waals surface area contributed by atoms with E-state index in [0.29, 0.717) is 63.0 Å². The minimum Gasteiger partial charge on any atom is -0.509 e.